The van der Waals surface area contributed by atoms with Gasteiger partial charge in [0, 0.05) is 31.6 Å². The molecule has 25 heavy (non-hydrogen) atoms. The van der Waals surface area contributed by atoms with Crippen molar-refractivity contribution in [3.63, 3.8) is 0 Å². The van der Waals surface area contributed by atoms with E-state index in [-0.39, 0.29) is 21.9 Å². The average Bonchev–Trinajstić information content (AvgIpc) is 3.43. The molecule has 0 N–H and O–H groups in total. The van der Waals surface area contributed by atoms with Gasteiger partial charge < -0.3 is 9.32 Å². The van der Waals surface area contributed by atoms with E-state index in [2.05, 4.69) is 10.2 Å². The van der Waals surface area contributed by atoms with Crippen LogP contribution in [0.4, 0.5) is 0 Å². The molecule has 10 heteroatoms. The number of likely N-dealkylation sites (tertiary alicyclic amines) is 1. The van der Waals surface area contributed by atoms with Crippen LogP contribution < -0.4 is 0 Å². The van der Waals surface area contributed by atoms with Crippen LogP contribution in [0.1, 0.15) is 36.4 Å². The molecule has 0 atom stereocenters. The third-order valence-corrected chi connectivity index (χ3v) is 7.80. The van der Waals surface area contributed by atoms with E-state index in [9.17, 15) is 13.2 Å². The molecule has 0 saturated carbocycles. The number of carbonyl (C=O) groups excluding carboxylic acids is 1. The lowest BCUT2D eigenvalue weighted by atomic mass is 10.3. The number of hydrogen-bond acceptors (Lipinski definition) is 7. The van der Waals surface area contributed by atoms with Crippen molar-refractivity contribution < 1.29 is 17.6 Å². The third kappa shape index (κ3) is 3.09. The Kier molecular flexibility index (Phi) is 4.34. The summed E-state index contributed by atoms with van der Waals surface area (Å²) in [6.07, 6.45) is 3.75. The molecule has 8 nitrogen and oxygen atoms in total. The second-order valence-electron chi connectivity index (χ2n) is 6.18. The van der Waals surface area contributed by atoms with Crippen LogP contribution in [0.15, 0.2) is 20.1 Å². The monoisotopic (exact) mass is 382 g/mol. The summed E-state index contributed by atoms with van der Waals surface area (Å²) in [6, 6.07) is 1.54. The molecule has 4 heterocycles. The molecule has 0 bridgehead atoms. The Labute approximate surface area is 149 Å². The molecule has 2 fully saturated rings. The molecule has 2 saturated heterocycles. The van der Waals surface area contributed by atoms with Gasteiger partial charge in [0.05, 0.1) is 5.56 Å². The summed E-state index contributed by atoms with van der Waals surface area (Å²) in [5, 5.41) is 9.40. The molecule has 0 aromatic carbocycles. The van der Waals surface area contributed by atoms with Gasteiger partial charge in [0.2, 0.25) is 5.89 Å². The van der Waals surface area contributed by atoms with Gasteiger partial charge in [-0.05, 0) is 31.7 Å². The largest absolute Gasteiger partial charge is 0.412 e. The Morgan fingerprint density at radius 3 is 2.48 bits per heavy atom. The summed E-state index contributed by atoms with van der Waals surface area (Å²) in [7, 11) is -3.46. The van der Waals surface area contributed by atoms with Crippen LogP contribution in [-0.4, -0.2) is 59.9 Å². The van der Waals surface area contributed by atoms with Crippen molar-refractivity contribution in [1.82, 2.24) is 19.4 Å². The molecule has 134 valence electrons. The lowest BCUT2D eigenvalue weighted by Gasteiger charge is -2.13. The van der Waals surface area contributed by atoms with Crippen molar-refractivity contribution in [3.05, 3.63) is 17.3 Å². The van der Waals surface area contributed by atoms with E-state index < -0.39 is 10.0 Å². The number of amides is 1. The Morgan fingerprint density at radius 2 is 1.76 bits per heavy atom. The molecule has 2 aromatic heterocycles. The van der Waals surface area contributed by atoms with Gasteiger partial charge in [-0.3, -0.25) is 4.79 Å². The highest BCUT2D eigenvalue weighted by Crippen LogP contribution is 2.31. The summed E-state index contributed by atoms with van der Waals surface area (Å²) in [5.74, 6) is -0.148. The van der Waals surface area contributed by atoms with Crippen molar-refractivity contribution in [1.29, 1.82) is 0 Å². The van der Waals surface area contributed by atoms with Crippen LogP contribution in [0, 0.1) is 0 Å². The van der Waals surface area contributed by atoms with Crippen LogP contribution in [0.5, 0.6) is 0 Å². The van der Waals surface area contributed by atoms with Crippen LogP contribution in [0.3, 0.4) is 0 Å². The first-order valence-electron chi connectivity index (χ1n) is 8.27. The summed E-state index contributed by atoms with van der Waals surface area (Å²) in [4.78, 5) is 13.9. The maximum atomic E-state index is 12.6. The fourth-order valence-corrected chi connectivity index (χ4v) is 5.92. The summed E-state index contributed by atoms with van der Waals surface area (Å²) in [5.41, 5.74) is 0.524. The van der Waals surface area contributed by atoms with Gasteiger partial charge in [-0.1, -0.05) is 0 Å². The van der Waals surface area contributed by atoms with Gasteiger partial charge in [-0.15, -0.1) is 21.5 Å². The van der Waals surface area contributed by atoms with Crippen molar-refractivity contribution in [3.8, 4) is 11.5 Å². The lowest BCUT2D eigenvalue weighted by Crippen LogP contribution is -2.27. The predicted molar refractivity (Wildman–Crippen MR) is 90.7 cm³/mol. The van der Waals surface area contributed by atoms with Crippen molar-refractivity contribution in [2.75, 3.05) is 26.2 Å². The Bertz CT molecular complexity index is 877. The smallest absolute Gasteiger partial charge is 0.311 e. The highest BCUT2D eigenvalue weighted by molar-refractivity contribution is 7.91. The molecule has 2 aromatic rings. The maximum absolute atomic E-state index is 12.6. The number of hydrogen-bond donors (Lipinski definition) is 0. The number of aromatic nitrogens is 2. The Hall–Kier alpha value is -1.78. The minimum absolute atomic E-state index is 0.0490. The van der Waals surface area contributed by atoms with Crippen molar-refractivity contribution in [2.45, 2.75) is 29.9 Å². The van der Waals surface area contributed by atoms with Gasteiger partial charge >= 0.3 is 11.8 Å². The molecule has 4 rings (SSSR count). The molecule has 2 aliphatic rings. The van der Waals surface area contributed by atoms with Gasteiger partial charge in [0.15, 0.2) is 0 Å². The van der Waals surface area contributed by atoms with E-state index in [0.29, 0.717) is 31.7 Å². The zero-order valence-electron chi connectivity index (χ0n) is 13.5. The fraction of sp³-hybridized carbons (Fsp3) is 0.533. The number of carbonyl (C=O) groups is 1. The zero-order valence-corrected chi connectivity index (χ0v) is 15.2. The second-order valence-corrected chi connectivity index (χ2v) is 9.25. The summed E-state index contributed by atoms with van der Waals surface area (Å²) < 4.78 is 32.4. The zero-order chi connectivity index (χ0) is 17.4. The predicted octanol–water partition coefficient (Wildman–Crippen LogP) is 1.82. The van der Waals surface area contributed by atoms with Gasteiger partial charge in [0.25, 0.3) is 10.0 Å². The molecule has 0 spiro atoms. The first-order valence-corrected chi connectivity index (χ1v) is 10.6. The maximum Gasteiger partial charge on any atom is 0.311 e. The van der Waals surface area contributed by atoms with Gasteiger partial charge in [-0.25, -0.2) is 8.42 Å². The number of thiophene rings is 1. The van der Waals surface area contributed by atoms with Crippen molar-refractivity contribution in [2.24, 2.45) is 0 Å². The van der Waals surface area contributed by atoms with Crippen LogP contribution in [0.2, 0.25) is 0 Å². The van der Waals surface area contributed by atoms with Gasteiger partial charge in [0.1, 0.15) is 4.21 Å². The fourth-order valence-electron chi connectivity index (χ4n) is 3.10. The molecule has 0 radical (unpaired) electrons. The van der Waals surface area contributed by atoms with E-state index in [0.717, 1.165) is 37.0 Å². The molecular formula is C15H18N4O4S2. The summed E-state index contributed by atoms with van der Waals surface area (Å²) >= 11 is 1.13. The molecule has 2 aliphatic heterocycles. The minimum atomic E-state index is -3.46. The first kappa shape index (κ1) is 16.7. The van der Waals surface area contributed by atoms with E-state index in [1.165, 1.54) is 10.4 Å². The Balaban J connectivity index is 1.55. The van der Waals surface area contributed by atoms with E-state index in [1.54, 1.807) is 10.3 Å². The van der Waals surface area contributed by atoms with Crippen LogP contribution in [0.25, 0.3) is 11.5 Å². The molecule has 0 unspecified atom stereocenters. The second kappa shape index (κ2) is 6.50. The lowest BCUT2D eigenvalue weighted by molar-refractivity contribution is 0.0754. The minimum Gasteiger partial charge on any atom is -0.412 e. The first-order chi connectivity index (χ1) is 12.1. The van der Waals surface area contributed by atoms with Crippen LogP contribution in [-0.2, 0) is 10.0 Å². The number of nitrogens with zero attached hydrogens (tertiary/aromatic N) is 4. The molecule has 1 amide bonds. The van der Waals surface area contributed by atoms with E-state index in [1.807, 2.05) is 0 Å². The number of sulfonamides is 1. The standard InChI is InChI=1S/C15H18N4O4S2/c20-15(18-5-1-2-6-18)14-17-16-13(23-14)11-9-12(24-10-11)25(21,22)19-7-3-4-8-19/h9-10H,1-8H2. The quantitative estimate of drug-likeness (QED) is 0.800. The SMILES string of the molecule is O=C(c1nnc(-c2csc(S(=O)(=O)N3CCCC3)c2)o1)N1CCCC1. The van der Waals surface area contributed by atoms with E-state index >= 15 is 0 Å². The summed E-state index contributed by atoms with van der Waals surface area (Å²) in [6.45, 7) is 2.52. The van der Waals surface area contributed by atoms with Gasteiger partial charge in [-0.2, -0.15) is 4.31 Å². The molecule has 0 aliphatic carbocycles. The van der Waals surface area contributed by atoms with Crippen LogP contribution >= 0.6 is 11.3 Å². The highest BCUT2D eigenvalue weighted by Gasteiger charge is 2.30. The Morgan fingerprint density at radius 1 is 1.08 bits per heavy atom. The topological polar surface area (TPSA) is 96.6 Å². The van der Waals surface area contributed by atoms with Crippen molar-refractivity contribution >= 4 is 27.3 Å². The molecular weight excluding hydrogens is 364 g/mol. The number of rotatable bonds is 4. The third-order valence-electron chi connectivity index (χ3n) is 4.48. The average molecular weight is 382 g/mol. The normalized spacial score (nSPS) is 19.0. The highest BCUT2D eigenvalue weighted by atomic mass is 32.2. The van der Waals surface area contributed by atoms with E-state index in [4.69, 9.17) is 4.42 Å².